The van der Waals surface area contributed by atoms with Crippen molar-refractivity contribution >= 4 is 20.0 Å². The molecule has 0 radical (unpaired) electrons. The van der Waals surface area contributed by atoms with Gasteiger partial charge in [0.15, 0.2) is 4.90 Å². The third-order valence-electron chi connectivity index (χ3n) is 4.71. The van der Waals surface area contributed by atoms with Crippen molar-refractivity contribution in [3.05, 3.63) is 91.0 Å². The van der Waals surface area contributed by atoms with E-state index in [0.29, 0.717) is 0 Å². The fourth-order valence-electron chi connectivity index (χ4n) is 3.18. The number of sulfone groups is 1. The monoisotopic (exact) mass is 536 g/mol. The Balaban J connectivity index is 0.00000361. The average Bonchev–Trinajstić information content (AvgIpc) is 2.79. The Morgan fingerprint density at radius 2 is 1.06 bits per heavy atom. The van der Waals surface area contributed by atoms with Gasteiger partial charge in [0.2, 0.25) is 9.84 Å². The third kappa shape index (κ3) is 6.19. The molecule has 2 N–H and O–H groups in total. The van der Waals surface area contributed by atoms with Crippen molar-refractivity contribution in [2.24, 2.45) is 0 Å². The number of hydrogen-bond donors (Lipinski definition) is 2. The zero-order chi connectivity index (χ0) is 25.2. The minimum atomic E-state index is -4.93. The Kier molecular flexibility index (Phi) is 8.34. The van der Waals surface area contributed by atoms with Crippen LogP contribution in [0.4, 0.5) is 0 Å². The summed E-state index contributed by atoms with van der Waals surface area (Å²) in [6, 6.07) is 19.5. The number of ether oxygens (including phenoxy) is 2. The Labute approximate surface area is 229 Å². The van der Waals surface area contributed by atoms with Crippen molar-refractivity contribution in [1.29, 1.82) is 0 Å². The van der Waals surface area contributed by atoms with E-state index < -0.39 is 34.6 Å². The molecule has 0 heterocycles. The summed E-state index contributed by atoms with van der Waals surface area (Å²) in [5.41, 5.74) is 0. The van der Waals surface area contributed by atoms with Gasteiger partial charge in [-0.1, -0.05) is 24.3 Å². The largest absolute Gasteiger partial charge is 1.00 e. The second kappa shape index (κ2) is 10.9. The molecule has 4 rings (SSSR count). The van der Waals surface area contributed by atoms with Crippen LogP contribution in [0, 0.1) is 0 Å². The predicted octanol–water partition coefficient (Wildman–Crippen LogP) is 1.42. The smallest absolute Gasteiger partial charge is 0.744 e. The van der Waals surface area contributed by atoms with E-state index >= 15 is 0 Å². The molecular weight excluding hydrogens is 519 g/mol. The van der Waals surface area contributed by atoms with Crippen molar-refractivity contribution in [3.8, 4) is 34.5 Å². The fourth-order valence-corrected chi connectivity index (χ4v) is 5.30. The predicted molar refractivity (Wildman–Crippen MR) is 123 cm³/mol. The Bertz CT molecular complexity index is 1550. The summed E-state index contributed by atoms with van der Waals surface area (Å²) in [5.74, 6) is -0.384. The van der Waals surface area contributed by atoms with Crippen molar-refractivity contribution in [3.63, 3.8) is 0 Å². The maximum absolute atomic E-state index is 13.7. The number of hydrogen-bond acceptors (Lipinski definition) is 9. The molecule has 0 spiro atoms. The van der Waals surface area contributed by atoms with Gasteiger partial charge in [0, 0.05) is 12.1 Å². The molecule has 9 nitrogen and oxygen atoms in total. The van der Waals surface area contributed by atoms with Crippen LogP contribution in [0.1, 0.15) is 0 Å². The molecule has 0 bridgehead atoms. The first-order valence-electron chi connectivity index (χ1n) is 9.92. The molecule has 0 aliphatic rings. The van der Waals surface area contributed by atoms with Crippen molar-refractivity contribution in [2.75, 3.05) is 0 Å². The van der Waals surface area contributed by atoms with Gasteiger partial charge in [0.1, 0.15) is 44.6 Å². The van der Waals surface area contributed by atoms with Crippen molar-refractivity contribution in [1.82, 2.24) is 0 Å². The maximum atomic E-state index is 13.7. The molecule has 0 aromatic heterocycles. The van der Waals surface area contributed by atoms with Crippen LogP contribution in [0.2, 0.25) is 0 Å². The van der Waals surface area contributed by atoms with Gasteiger partial charge in [0.25, 0.3) is 0 Å². The van der Waals surface area contributed by atoms with E-state index in [0.717, 1.165) is 24.3 Å². The number of aromatic hydroxyl groups is 2. The van der Waals surface area contributed by atoms with E-state index in [4.69, 9.17) is 9.47 Å². The molecule has 0 saturated heterocycles. The van der Waals surface area contributed by atoms with Gasteiger partial charge < -0.3 is 24.2 Å². The van der Waals surface area contributed by atoms with Crippen LogP contribution < -0.4 is 39.0 Å². The van der Waals surface area contributed by atoms with Crippen molar-refractivity contribution < 1.29 is 70.6 Å². The average molecular weight is 537 g/mol. The molecule has 0 fully saturated rings. The molecule has 0 saturated carbocycles. The first-order valence-corrected chi connectivity index (χ1v) is 12.8. The SMILES string of the molecule is O=S(=O)([O-])c1cccc(S(=O)(=O)c2c(Oc3cccc(O)c3)cccc2Oc2cccc(O)c2)c1.[Na+]. The second-order valence-corrected chi connectivity index (χ2v) is 10.5. The van der Waals surface area contributed by atoms with Gasteiger partial charge in [-0.25, -0.2) is 16.8 Å². The van der Waals surface area contributed by atoms with E-state index in [1.165, 1.54) is 66.7 Å². The molecule has 0 amide bonds. The van der Waals surface area contributed by atoms with Gasteiger partial charge >= 0.3 is 29.6 Å². The zero-order valence-electron chi connectivity index (χ0n) is 18.7. The summed E-state index contributed by atoms with van der Waals surface area (Å²) in [6.07, 6.45) is 0. The number of rotatable bonds is 7. The molecule has 0 unspecified atom stereocenters. The normalized spacial score (nSPS) is 11.4. The first kappa shape index (κ1) is 27.5. The van der Waals surface area contributed by atoms with Gasteiger partial charge in [-0.05, 0) is 54.6 Å². The van der Waals surface area contributed by atoms with E-state index in [-0.39, 0.29) is 64.1 Å². The summed E-state index contributed by atoms with van der Waals surface area (Å²) < 4.78 is 73.4. The molecule has 0 aliphatic carbocycles. The first-order chi connectivity index (χ1) is 16.5. The Morgan fingerprint density at radius 3 is 1.53 bits per heavy atom. The van der Waals surface area contributed by atoms with E-state index in [2.05, 4.69) is 0 Å². The molecule has 4 aromatic rings. The Morgan fingerprint density at radius 1 is 0.611 bits per heavy atom. The zero-order valence-corrected chi connectivity index (χ0v) is 22.4. The van der Waals surface area contributed by atoms with Gasteiger partial charge in [-0.3, -0.25) is 0 Å². The van der Waals surface area contributed by atoms with Gasteiger partial charge in [-0.15, -0.1) is 0 Å². The summed E-state index contributed by atoms with van der Waals surface area (Å²) >= 11 is 0. The Hall–Kier alpha value is -3.06. The fraction of sp³-hybridized carbons (Fsp3) is 0. The standard InChI is InChI=1S/C24H18O9S2.Na/c25-16-5-1-7-18(13-16)32-22-11-4-12-23(33-19-8-2-6-17(26)14-19)24(22)34(27,28)20-9-3-10-21(15-20)35(29,30)31;/h1-15,25-26H,(H,29,30,31);/q;+1/p-1. The van der Waals surface area contributed by atoms with Crippen LogP contribution in [-0.4, -0.2) is 31.6 Å². The summed E-state index contributed by atoms with van der Waals surface area (Å²) in [6.45, 7) is 0. The maximum Gasteiger partial charge on any atom is 1.00 e. The van der Waals surface area contributed by atoms with Crippen LogP contribution in [0.15, 0.2) is 106 Å². The number of benzene rings is 4. The van der Waals surface area contributed by atoms with Crippen LogP contribution in [-0.2, 0) is 20.0 Å². The molecule has 0 atom stereocenters. The second-order valence-electron chi connectivity index (χ2n) is 7.21. The molecule has 36 heavy (non-hydrogen) atoms. The minimum absolute atomic E-state index is 0. The van der Waals surface area contributed by atoms with Crippen LogP contribution in [0.3, 0.4) is 0 Å². The molecular formula is C24H17NaO9S2. The van der Waals surface area contributed by atoms with E-state index in [1.54, 1.807) is 0 Å². The quantitative estimate of drug-likeness (QED) is 0.264. The number of phenolic OH excluding ortho intramolecular Hbond substituents is 2. The number of phenols is 2. The molecule has 0 aliphatic heterocycles. The van der Waals surface area contributed by atoms with E-state index in [1.807, 2.05) is 0 Å². The van der Waals surface area contributed by atoms with Gasteiger partial charge in [0.05, 0.1) is 9.79 Å². The van der Waals surface area contributed by atoms with Crippen LogP contribution >= 0.6 is 0 Å². The molecule has 4 aromatic carbocycles. The summed E-state index contributed by atoms with van der Waals surface area (Å²) in [5, 5.41) is 19.5. The third-order valence-corrected chi connectivity index (χ3v) is 7.35. The minimum Gasteiger partial charge on any atom is -0.744 e. The summed E-state index contributed by atoms with van der Waals surface area (Å²) in [7, 11) is -9.45. The van der Waals surface area contributed by atoms with Crippen LogP contribution in [0.5, 0.6) is 34.5 Å². The van der Waals surface area contributed by atoms with Gasteiger partial charge in [-0.2, -0.15) is 0 Å². The molecule has 180 valence electrons. The molecule has 12 heteroatoms. The summed E-state index contributed by atoms with van der Waals surface area (Å²) in [4.78, 5) is -1.67. The topological polar surface area (TPSA) is 150 Å². The van der Waals surface area contributed by atoms with Crippen LogP contribution in [0.25, 0.3) is 0 Å². The van der Waals surface area contributed by atoms with E-state index in [9.17, 15) is 31.6 Å². The van der Waals surface area contributed by atoms with Crippen molar-refractivity contribution in [2.45, 2.75) is 14.7 Å².